The molecule has 1 N–H and O–H groups in total. The van der Waals surface area contributed by atoms with E-state index in [0.717, 1.165) is 6.42 Å². The quantitative estimate of drug-likeness (QED) is 0.775. The summed E-state index contributed by atoms with van der Waals surface area (Å²) in [5.74, 6) is 0.780. The predicted octanol–water partition coefficient (Wildman–Crippen LogP) is 2.25. The number of carbonyl (C=O) groups excluding carboxylic acids is 1. The number of benzene rings is 1. The number of rotatable bonds is 8. The number of carbonyl (C=O) groups is 1. The lowest BCUT2D eigenvalue weighted by molar-refractivity contribution is -0.133. The summed E-state index contributed by atoms with van der Waals surface area (Å²) in [4.78, 5) is 14.2. The van der Waals surface area contributed by atoms with E-state index >= 15 is 0 Å². The molecule has 0 saturated heterocycles. The second-order valence-electron chi connectivity index (χ2n) is 6.45. The maximum absolute atomic E-state index is 12.5. The predicted molar refractivity (Wildman–Crippen MR) is 94.5 cm³/mol. The fourth-order valence-corrected chi connectivity index (χ4v) is 3.67. The Bertz CT molecular complexity index is 641. The molecule has 0 fully saturated rings. The summed E-state index contributed by atoms with van der Waals surface area (Å²) in [5, 5.41) is 0. The van der Waals surface area contributed by atoms with Gasteiger partial charge in [0, 0.05) is 13.1 Å². The second kappa shape index (κ2) is 8.48. The molecule has 0 saturated carbocycles. The van der Waals surface area contributed by atoms with E-state index in [-0.39, 0.29) is 16.8 Å². The summed E-state index contributed by atoms with van der Waals surface area (Å²) in [6.45, 7) is 7.69. The largest absolute Gasteiger partial charge is 0.497 e. The monoisotopic (exact) mass is 356 g/mol. The molecule has 2 atom stereocenters. The zero-order chi connectivity index (χ0) is 18.5. The number of nitrogens with one attached hydrogen (secondary N) is 1. The van der Waals surface area contributed by atoms with Gasteiger partial charge in [-0.3, -0.25) is 4.79 Å². The van der Waals surface area contributed by atoms with Crippen molar-refractivity contribution in [2.45, 2.75) is 51.1 Å². The van der Waals surface area contributed by atoms with Crippen LogP contribution in [0.3, 0.4) is 0 Å². The van der Waals surface area contributed by atoms with Crippen molar-refractivity contribution in [2.24, 2.45) is 5.92 Å². The van der Waals surface area contributed by atoms with Gasteiger partial charge < -0.3 is 9.64 Å². The maximum atomic E-state index is 12.5. The molecule has 0 aliphatic carbocycles. The SMILES string of the molecule is COc1ccc(S(=O)(=O)N[C@@H](C)C(=O)N(C)C(C)CC(C)C)cc1. The first kappa shape index (κ1) is 20.4. The topological polar surface area (TPSA) is 75.7 Å². The van der Waals surface area contributed by atoms with Gasteiger partial charge in [-0.1, -0.05) is 13.8 Å². The minimum Gasteiger partial charge on any atom is -0.497 e. The molecule has 1 rings (SSSR count). The van der Waals surface area contributed by atoms with Gasteiger partial charge in [-0.2, -0.15) is 4.72 Å². The minimum absolute atomic E-state index is 0.0467. The highest BCUT2D eigenvalue weighted by molar-refractivity contribution is 7.89. The van der Waals surface area contributed by atoms with Crippen LogP contribution in [-0.2, 0) is 14.8 Å². The number of likely N-dealkylation sites (N-methyl/N-ethyl adjacent to an activating group) is 1. The van der Waals surface area contributed by atoms with Gasteiger partial charge in [-0.25, -0.2) is 8.42 Å². The van der Waals surface area contributed by atoms with Crippen LogP contribution in [0.5, 0.6) is 5.75 Å². The Morgan fingerprint density at radius 2 is 1.71 bits per heavy atom. The molecule has 1 aromatic rings. The minimum atomic E-state index is -3.76. The van der Waals surface area contributed by atoms with E-state index in [4.69, 9.17) is 4.74 Å². The van der Waals surface area contributed by atoms with Gasteiger partial charge in [0.25, 0.3) is 0 Å². The average Bonchev–Trinajstić information content (AvgIpc) is 2.52. The number of methoxy groups -OCH3 is 1. The van der Waals surface area contributed by atoms with Crippen LogP contribution < -0.4 is 9.46 Å². The zero-order valence-corrected chi connectivity index (χ0v) is 16.1. The van der Waals surface area contributed by atoms with Crippen molar-refractivity contribution in [3.63, 3.8) is 0 Å². The van der Waals surface area contributed by atoms with Gasteiger partial charge in [0.2, 0.25) is 15.9 Å². The van der Waals surface area contributed by atoms with Crippen LogP contribution in [0, 0.1) is 5.92 Å². The van der Waals surface area contributed by atoms with Crippen molar-refractivity contribution in [1.29, 1.82) is 0 Å². The smallest absolute Gasteiger partial charge is 0.241 e. The molecule has 0 aliphatic rings. The van der Waals surface area contributed by atoms with E-state index in [9.17, 15) is 13.2 Å². The summed E-state index contributed by atoms with van der Waals surface area (Å²) in [6, 6.07) is 5.24. The van der Waals surface area contributed by atoms with E-state index in [0.29, 0.717) is 11.7 Å². The van der Waals surface area contributed by atoms with Gasteiger partial charge in [0.15, 0.2) is 0 Å². The van der Waals surface area contributed by atoms with Crippen LogP contribution in [0.15, 0.2) is 29.2 Å². The van der Waals surface area contributed by atoms with E-state index in [1.54, 1.807) is 31.0 Å². The molecule has 0 radical (unpaired) electrons. The molecule has 1 unspecified atom stereocenters. The van der Waals surface area contributed by atoms with Crippen LogP contribution >= 0.6 is 0 Å². The number of ether oxygens (including phenoxy) is 1. The number of hydrogen-bond donors (Lipinski definition) is 1. The van der Waals surface area contributed by atoms with E-state index in [2.05, 4.69) is 18.6 Å². The summed E-state index contributed by atoms with van der Waals surface area (Å²) < 4.78 is 32.2. The van der Waals surface area contributed by atoms with Crippen molar-refractivity contribution >= 4 is 15.9 Å². The molecule has 0 bridgehead atoms. The third kappa shape index (κ3) is 5.49. The van der Waals surface area contributed by atoms with Gasteiger partial charge in [0.1, 0.15) is 5.75 Å². The molecule has 7 heteroatoms. The Kier molecular flexibility index (Phi) is 7.23. The first-order valence-corrected chi connectivity index (χ1v) is 9.49. The third-order valence-corrected chi connectivity index (χ3v) is 5.45. The number of hydrogen-bond acceptors (Lipinski definition) is 4. The summed E-state index contributed by atoms with van der Waals surface area (Å²) in [7, 11) is -0.552. The van der Waals surface area contributed by atoms with Crippen LogP contribution in [0.25, 0.3) is 0 Å². The molecule has 0 aromatic heterocycles. The fourth-order valence-electron chi connectivity index (χ4n) is 2.47. The molecular weight excluding hydrogens is 328 g/mol. The summed E-state index contributed by atoms with van der Waals surface area (Å²) in [5.41, 5.74) is 0. The molecular formula is C17H28N2O4S. The van der Waals surface area contributed by atoms with Crippen LogP contribution in [-0.4, -0.2) is 45.5 Å². The maximum Gasteiger partial charge on any atom is 0.241 e. The molecule has 24 heavy (non-hydrogen) atoms. The number of amides is 1. The lowest BCUT2D eigenvalue weighted by Crippen LogP contribution is -2.48. The molecule has 1 aromatic carbocycles. The van der Waals surface area contributed by atoms with Gasteiger partial charge in [0.05, 0.1) is 18.0 Å². The van der Waals surface area contributed by atoms with E-state index in [1.165, 1.54) is 19.2 Å². The Labute approximate surface area is 145 Å². The van der Waals surface area contributed by atoms with Crippen LogP contribution in [0.1, 0.15) is 34.1 Å². The average molecular weight is 356 g/mol. The Hall–Kier alpha value is -1.60. The van der Waals surface area contributed by atoms with Crippen LogP contribution in [0.4, 0.5) is 0 Å². The summed E-state index contributed by atoms with van der Waals surface area (Å²) >= 11 is 0. The van der Waals surface area contributed by atoms with Gasteiger partial charge in [-0.05, 0) is 50.5 Å². The lowest BCUT2D eigenvalue weighted by atomic mass is 10.0. The first-order chi connectivity index (χ1) is 11.1. The Morgan fingerprint density at radius 3 is 2.17 bits per heavy atom. The molecule has 1 amide bonds. The first-order valence-electron chi connectivity index (χ1n) is 8.01. The highest BCUT2D eigenvalue weighted by Crippen LogP contribution is 2.16. The number of sulfonamides is 1. The zero-order valence-electron chi connectivity index (χ0n) is 15.2. The second-order valence-corrected chi connectivity index (χ2v) is 8.16. The van der Waals surface area contributed by atoms with Crippen molar-refractivity contribution < 1.29 is 17.9 Å². The van der Waals surface area contributed by atoms with E-state index < -0.39 is 16.1 Å². The Morgan fingerprint density at radius 1 is 1.17 bits per heavy atom. The standard InChI is InChI=1S/C17H28N2O4S/c1-12(2)11-13(3)19(5)17(20)14(4)18-24(21,22)16-9-7-15(23-6)8-10-16/h7-10,12-14,18H,11H2,1-6H3/t13?,14-/m0/s1. The van der Waals surface area contributed by atoms with Crippen molar-refractivity contribution in [1.82, 2.24) is 9.62 Å². The highest BCUT2D eigenvalue weighted by Gasteiger charge is 2.26. The lowest BCUT2D eigenvalue weighted by Gasteiger charge is -2.29. The molecule has 0 aliphatic heterocycles. The molecule has 0 spiro atoms. The molecule has 0 heterocycles. The van der Waals surface area contributed by atoms with E-state index in [1.807, 2.05) is 6.92 Å². The van der Waals surface area contributed by atoms with Crippen molar-refractivity contribution in [2.75, 3.05) is 14.2 Å². The fraction of sp³-hybridized carbons (Fsp3) is 0.588. The molecule has 136 valence electrons. The highest BCUT2D eigenvalue weighted by atomic mass is 32.2. The number of nitrogens with zero attached hydrogens (tertiary/aromatic N) is 1. The van der Waals surface area contributed by atoms with Gasteiger partial charge in [-0.15, -0.1) is 0 Å². The van der Waals surface area contributed by atoms with Crippen LogP contribution in [0.2, 0.25) is 0 Å². The third-order valence-electron chi connectivity index (χ3n) is 3.89. The summed E-state index contributed by atoms with van der Waals surface area (Å²) in [6.07, 6.45) is 0.861. The van der Waals surface area contributed by atoms with Crippen molar-refractivity contribution in [3.8, 4) is 5.75 Å². The molecule has 6 nitrogen and oxygen atoms in total. The Balaban J connectivity index is 2.80. The normalized spacial score (nSPS) is 14.3. The van der Waals surface area contributed by atoms with Crippen molar-refractivity contribution in [3.05, 3.63) is 24.3 Å². The van der Waals surface area contributed by atoms with Gasteiger partial charge >= 0.3 is 0 Å².